The number of ether oxygens (including phenoxy) is 1. The third kappa shape index (κ3) is 4.56. The van der Waals surface area contributed by atoms with Crippen LogP contribution in [0.15, 0.2) is 51.5 Å². The Balaban J connectivity index is 1.65. The third-order valence-electron chi connectivity index (χ3n) is 3.60. The maximum atomic E-state index is 12.4. The van der Waals surface area contributed by atoms with Crippen molar-refractivity contribution >= 4 is 33.4 Å². The molecule has 2 amide bonds. The normalized spacial score (nSPS) is 10.5. The van der Waals surface area contributed by atoms with E-state index in [9.17, 15) is 9.59 Å². The minimum Gasteiger partial charge on any atom is -0.486 e. The molecule has 8 nitrogen and oxygen atoms in total. The van der Waals surface area contributed by atoms with Crippen LogP contribution in [0.3, 0.4) is 0 Å². The van der Waals surface area contributed by atoms with Crippen LogP contribution in [0, 0.1) is 0 Å². The Morgan fingerprint density at radius 1 is 1.19 bits per heavy atom. The number of benzene rings is 1. The van der Waals surface area contributed by atoms with Crippen molar-refractivity contribution in [1.82, 2.24) is 15.1 Å². The maximum absolute atomic E-state index is 12.4. The van der Waals surface area contributed by atoms with E-state index >= 15 is 0 Å². The summed E-state index contributed by atoms with van der Waals surface area (Å²) in [5.74, 6) is 0.417. The van der Waals surface area contributed by atoms with Gasteiger partial charge in [-0.15, -0.1) is 0 Å². The molecule has 0 aliphatic rings. The number of hydrogen-bond acceptors (Lipinski definition) is 5. The molecule has 0 atom stereocenters. The number of halogens is 1. The quantitative estimate of drug-likeness (QED) is 0.623. The number of nitrogens with one attached hydrogen (secondary N) is 2. The predicted octanol–water partition coefficient (Wildman–Crippen LogP) is 2.97. The van der Waals surface area contributed by atoms with Gasteiger partial charge in [-0.25, -0.2) is 0 Å². The summed E-state index contributed by atoms with van der Waals surface area (Å²) in [6.45, 7) is 0.186. The molecule has 0 unspecified atom stereocenters. The van der Waals surface area contributed by atoms with Crippen molar-refractivity contribution in [2.24, 2.45) is 7.05 Å². The SMILES string of the molecule is CNC(=O)c1nn(C)cc1NC(=O)c1ccc(COc2ccc(Br)cc2)o1. The van der Waals surface area contributed by atoms with Crippen LogP contribution in [0.25, 0.3) is 0 Å². The van der Waals surface area contributed by atoms with Gasteiger partial charge >= 0.3 is 0 Å². The molecule has 27 heavy (non-hydrogen) atoms. The van der Waals surface area contributed by atoms with Crippen LogP contribution < -0.4 is 15.4 Å². The number of aromatic nitrogens is 2. The van der Waals surface area contributed by atoms with Crippen LogP contribution in [-0.4, -0.2) is 28.6 Å². The van der Waals surface area contributed by atoms with Crippen LogP contribution in [0.4, 0.5) is 5.69 Å². The summed E-state index contributed by atoms with van der Waals surface area (Å²) in [5.41, 5.74) is 0.421. The molecule has 0 aliphatic carbocycles. The zero-order valence-corrected chi connectivity index (χ0v) is 16.2. The van der Waals surface area contributed by atoms with Crippen molar-refractivity contribution in [1.29, 1.82) is 0 Å². The molecule has 1 aromatic carbocycles. The Bertz CT molecular complexity index is 962. The van der Waals surface area contributed by atoms with E-state index in [2.05, 4.69) is 31.7 Å². The van der Waals surface area contributed by atoms with Gasteiger partial charge in [0.15, 0.2) is 11.5 Å². The molecule has 0 spiro atoms. The second kappa shape index (κ2) is 8.09. The van der Waals surface area contributed by atoms with E-state index < -0.39 is 11.8 Å². The molecule has 0 bridgehead atoms. The Morgan fingerprint density at radius 3 is 2.63 bits per heavy atom. The van der Waals surface area contributed by atoms with Gasteiger partial charge in [-0.1, -0.05) is 15.9 Å². The summed E-state index contributed by atoms with van der Waals surface area (Å²) in [4.78, 5) is 24.2. The summed E-state index contributed by atoms with van der Waals surface area (Å²) < 4.78 is 13.5. The van der Waals surface area contributed by atoms with Gasteiger partial charge in [0.25, 0.3) is 11.8 Å². The summed E-state index contributed by atoms with van der Waals surface area (Å²) in [6, 6.07) is 10.6. The lowest BCUT2D eigenvalue weighted by Gasteiger charge is -2.04. The highest BCUT2D eigenvalue weighted by Crippen LogP contribution is 2.19. The summed E-state index contributed by atoms with van der Waals surface area (Å²) in [5, 5.41) is 9.15. The molecule has 2 N–H and O–H groups in total. The van der Waals surface area contributed by atoms with Crippen LogP contribution in [0.5, 0.6) is 5.75 Å². The van der Waals surface area contributed by atoms with Crippen molar-refractivity contribution in [2.75, 3.05) is 12.4 Å². The fourth-order valence-electron chi connectivity index (χ4n) is 2.31. The minimum absolute atomic E-state index is 0.108. The predicted molar refractivity (Wildman–Crippen MR) is 102 cm³/mol. The average molecular weight is 433 g/mol. The van der Waals surface area contributed by atoms with E-state index in [-0.39, 0.29) is 18.1 Å². The highest BCUT2D eigenvalue weighted by atomic mass is 79.9. The van der Waals surface area contributed by atoms with E-state index in [0.717, 1.165) is 4.47 Å². The first-order chi connectivity index (χ1) is 13.0. The van der Waals surface area contributed by atoms with E-state index in [1.807, 2.05) is 24.3 Å². The molecule has 3 aromatic rings. The zero-order chi connectivity index (χ0) is 19.4. The molecule has 0 saturated heterocycles. The average Bonchev–Trinajstić information content (AvgIpc) is 3.27. The van der Waals surface area contributed by atoms with E-state index in [4.69, 9.17) is 9.15 Å². The lowest BCUT2D eigenvalue weighted by Crippen LogP contribution is -2.21. The minimum atomic E-state index is -0.483. The van der Waals surface area contributed by atoms with Crippen molar-refractivity contribution in [3.63, 3.8) is 0 Å². The number of carbonyl (C=O) groups is 2. The molecular weight excluding hydrogens is 416 g/mol. The number of anilines is 1. The Morgan fingerprint density at radius 2 is 1.93 bits per heavy atom. The van der Waals surface area contributed by atoms with Gasteiger partial charge in [-0.05, 0) is 36.4 Å². The molecule has 0 radical (unpaired) electrons. The van der Waals surface area contributed by atoms with Crippen LogP contribution in [0.2, 0.25) is 0 Å². The summed E-state index contributed by atoms with van der Waals surface area (Å²) in [7, 11) is 3.15. The monoisotopic (exact) mass is 432 g/mol. The smallest absolute Gasteiger partial charge is 0.291 e. The molecular formula is C18H17BrN4O4. The standard InChI is InChI=1S/C18H17BrN4O4/c1-20-18(25)16-14(9-23(2)22-16)21-17(24)15-8-7-13(27-15)10-26-12-5-3-11(19)4-6-12/h3-9H,10H2,1-2H3,(H,20,25)(H,21,24). The summed E-state index contributed by atoms with van der Waals surface area (Å²) >= 11 is 3.36. The van der Waals surface area contributed by atoms with E-state index in [1.165, 1.54) is 11.7 Å². The van der Waals surface area contributed by atoms with Crippen LogP contribution >= 0.6 is 15.9 Å². The van der Waals surface area contributed by atoms with E-state index in [1.54, 1.807) is 25.4 Å². The van der Waals surface area contributed by atoms with Gasteiger partial charge in [0.1, 0.15) is 18.1 Å². The maximum Gasteiger partial charge on any atom is 0.291 e. The van der Waals surface area contributed by atoms with Gasteiger partial charge in [-0.3, -0.25) is 14.3 Å². The first-order valence-corrected chi connectivity index (χ1v) is 8.79. The number of furan rings is 1. The largest absolute Gasteiger partial charge is 0.486 e. The Hall–Kier alpha value is -3.07. The Labute approximate surface area is 163 Å². The number of carbonyl (C=O) groups excluding carboxylic acids is 2. The first kappa shape index (κ1) is 18.7. The fraction of sp³-hybridized carbons (Fsp3) is 0.167. The second-order valence-electron chi connectivity index (χ2n) is 5.61. The van der Waals surface area contributed by atoms with Gasteiger partial charge in [0.05, 0.1) is 5.69 Å². The number of aryl methyl sites for hydroxylation is 1. The zero-order valence-electron chi connectivity index (χ0n) is 14.7. The van der Waals surface area contributed by atoms with Crippen LogP contribution in [0.1, 0.15) is 26.8 Å². The highest BCUT2D eigenvalue weighted by Gasteiger charge is 2.19. The van der Waals surface area contributed by atoms with Gasteiger partial charge in [0.2, 0.25) is 0 Å². The molecule has 140 valence electrons. The van der Waals surface area contributed by atoms with Gasteiger partial charge in [0, 0.05) is 24.8 Å². The molecule has 3 rings (SSSR count). The Kier molecular flexibility index (Phi) is 5.60. The number of amides is 2. The topological polar surface area (TPSA) is 98.4 Å². The second-order valence-corrected chi connectivity index (χ2v) is 6.52. The van der Waals surface area contributed by atoms with Gasteiger partial charge in [-0.2, -0.15) is 5.10 Å². The third-order valence-corrected chi connectivity index (χ3v) is 4.13. The fourth-order valence-corrected chi connectivity index (χ4v) is 2.58. The molecule has 2 heterocycles. The number of hydrogen-bond donors (Lipinski definition) is 2. The van der Waals surface area contributed by atoms with Crippen molar-refractivity contribution in [3.8, 4) is 5.75 Å². The van der Waals surface area contributed by atoms with Crippen molar-refractivity contribution in [3.05, 3.63) is 64.3 Å². The molecule has 2 aromatic heterocycles. The molecule has 9 heteroatoms. The molecule has 0 aliphatic heterocycles. The van der Waals surface area contributed by atoms with Gasteiger partial charge < -0.3 is 19.8 Å². The molecule has 0 saturated carbocycles. The summed E-state index contributed by atoms with van der Waals surface area (Å²) in [6.07, 6.45) is 1.54. The highest BCUT2D eigenvalue weighted by molar-refractivity contribution is 9.10. The van der Waals surface area contributed by atoms with Crippen LogP contribution in [-0.2, 0) is 13.7 Å². The lowest BCUT2D eigenvalue weighted by molar-refractivity contribution is 0.0958. The number of rotatable bonds is 6. The molecule has 0 fully saturated rings. The number of nitrogens with zero attached hydrogens (tertiary/aromatic N) is 2. The first-order valence-electron chi connectivity index (χ1n) is 8.00. The van der Waals surface area contributed by atoms with Crippen molar-refractivity contribution < 1.29 is 18.7 Å². The lowest BCUT2D eigenvalue weighted by atomic mass is 10.3. The van der Waals surface area contributed by atoms with Crippen molar-refractivity contribution in [2.45, 2.75) is 6.61 Å². The van der Waals surface area contributed by atoms with E-state index in [0.29, 0.717) is 17.2 Å².